The van der Waals surface area contributed by atoms with E-state index in [0.717, 1.165) is 10.5 Å². The molecule has 0 fully saturated rings. The number of hydrogen-bond acceptors (Lipinski definition) is 5. The molecule has 27 heavy (non-hydrogen) atoms. The number of aryl methyl sites for hydroxylation is 1. The third kappa shape index (κ3) is 5.69. The van der Waals surface area contributed by atoms with E-state index in [-0.39, 0.29) is 12.3 Å². The van der Waals surface area contributed by atoms with E-state index in [9.17, 15) is 10.1 Å². The van der Waals surface area contributed by atoms with Crippen LogP contribution in [0.4, 0.5) is 5.69 Å². The van der Waals surface area contributed by atoms with Crippen molar-refractivity contribution in [3.63, 3.8) is 0 Å². The lowest BCUT2D eigenvalue weighted by Gasteiger charge is -2.03. The number of nitrogens with zero attached hydrogens (tertiary/aromatic N) is 2. The minimum Gasteiger partial charge on any atom is -0.391 e. The van der Waals surface area contributed by atoms with Gasteiger partial charge in [0.2, 0.25) is 0 Å². The van der Waals surface area contributed by atoms with E-state index in [1.54, 1.807) is 30.1 Å². The van der Waals surface area contributed by atoms with Crippen molar-refractivity contribution < 1.29 is 9.76 Å². The SMILES string of the molecule is Cc1ccc(Sc2ccc(/C=N\OCc3cccc([N+](=O)[O-])c3)cc2)cc1. The molecular formula is C21H18N2O3S. The summed E-state index contributed by atoms with van der Waals surface area (Å²) in [5.41, 5.74) is 2.91. The van der Waals surface area contributed by atoms with Crippen molar-refractivity contribution in [2.45, 2.75) is 23.3 Å². The first kappa shape index (κ1) is 18.7. The maximum atomic E-state index is 10.8. The summed E-state index contributed by atoms with van der Waals surface area (Å²) < 4.78 is 0. The third-order valence-corrected chi connectivity index (χ3v) is 4.78. The minimum atomic E-state index is -0.428. The lowest BCUT2D eigenvalue weighted by atomic mass is 10.2. The van der Waals surface area contributed by atoms with E-state index in [1.807, 2.05) is 24.3 Å². The molecule has 0 aliphatic heterocycles. The minimum absolute atomic E-state index is 0.0433. The van der Waals surface area contributed by atoms with Crippen LogP contribution in [-0.4, -0.2) is 11.1 Å². The Labute approximate surface area is 161 Å². The highest BCUT2D eigenvalue weighted by molar-refractivity contribution is 7.99. The van der Waals surface area contributed by atoms with Crippen LogP contribution in [0.2, 0.25) is 0 Å². The molecule has 0 aromatic heterocycles. The van der Waals surface area contributed by atoms with Crippen LogP contribution in [0.3, 0.4) is 0 Å². The number of oxime groups is 1. The maximum Gasteiger partial charge on any atom is 0.269 e. The summed E-state index contributed by atoms with van der Waals surface area (Å²) in [5, 5.41) is 14.7. The van der Waals surface area contributed by atoms with Gasteiger partial charge < -0.3 is 4.84 Å². The summed E-state index contributed by atoms with van der Waals surface area (Å²) in [6.07, 6.45) is 1.62. The molecule has 0 N–H and O–H groups in total. The molecule has 0 unspecified atom stereocenters. The number of hydrogen-bond donors (Lipinski definition) is 0. The third-order valence-electron chi connectivity index (χ3n) is 3.77. The molecule has 0 bridgehead atoms. The fourth-order valence-corrected chi connectivity index (χ4v) is 3.15. The molecule has 0 heterocycles. The molecular weight excluding hydrogens is 360 g/mol. The zero-order valence-electron chi connectivity index (χ0n) is 14.7. The number of non-ortho nitro benzene ring substituents is 1. The predicted octanol–water partition coefficient (Wildman–Crippen LogP) is 5.61. The van der Waals surface area contributed by atoms with Crippen molar-refractivity contribution >= 4 is 23.7 Å². The fraction of sp³-hybridized carbons (Fsp3) is 0.0952. The first-order valence-electron chi connectivity index (χ1n) is 8.33. The van der Waals surface area contributed by atoms with Gasteiger partial charge in [0.25, 0.3) is 5.69 Å². The molecule has 0 saturated heterocycles. The van der Waals surface area contributed by atoms with Gasteiger partial charge in [0.05, 0.1) is 11.1 Å². The standard InChI is InChI=1S/C21H18N2O3S/c1-16-5-9-20(10-6-16)27-21-11-7-17(8-12-21)14-22-26-15-18-3-2-4-19(13-18)23(24)25/h2-14H,15H2,1H3/b22-14-. The number of nitro benzene ring substituents is 1. The second kappa shape index (κ2) is 9.00. The first-order valence-corrected chi connectivity index (χ1v) is 9.15. The summed E-state index contributed by atoms with van der Waals surface area (Å²) in [6.45, 7) is 2.25. The molecule has 5 nitrogen and oxygen atoms in total. The molecule has 0 radical (unpaired) electrons. The van der Waals surface area contributed by atoms with Crippen LogP contribution in [-0.2, 0) is 11.4 Å². The average molecular weight is 378 g/mol. The van der Waals surface area contributed by atoms with E-state index in [4.69, 9.17) is 4.84 Å². The van der Waals surface area contributed by atoms with Gasteiger partial charge >= 0.3 is 0 Å². The normalized spacial score (nSPS) is 10.9. The number of nitro groups is 1. The van der Waals surface area contributed by atoms with Crippen molar-refractivity contribution in [2.24, 2.45) is 5.16 Å². The van der Waals surface area contributed by atoms with Gasteiger partial charge in [-0.2, -0.15) is 0 Å². The van der Waals surface area contributed by atoms with Gasteiger partial charge in [-0.05, 0) is 42.3 Å². The van der Waals surface area contributed by atoms with Crippen LogP contribution in [0.1, 0.15) is 16.7 Å². The highest BCUT2D eigenvalue weighted by Gasteiger charge is 2.05. The van der Waals surface area contributed by atoms with Crippen molar-refractivity contribution in [1.82, 2.24) is 0 Å². The van der Waals surface area contributed by atoms with Crippen LogP contribution in [0.25, 0.3) is 0 Å². The predicted molar refractivity (Wildman–Crippen MR) is 107 cm³/mol. The summed E-state index contributed by atoms with van der Waals surface area (Å²) in [5.74, 6) is 0. The Kier molecular flexibility index (Phi) is 6.22. The Morgan fingerprint density at radius 2 is 1.70 bits per heavy atom. The quantitative estimate of drug-likeness (QED) is 0.305. The molecule has 0 aliphatic carbocycles. The van der Waals surface area contributed by atoms with E-state index < -0.39 is 4.92 Å². The van der Waals surface area contributed by atoms with Crippen LogP contribution in [0.15, 0.2) is 87.7 Å². The Balaban J connectivity index is 1.52. The van der Waals surface area contributed by atoms with E-state index in [0.29, 0.717) is 5.56 Å². The van der Waals surface area contributed by atoms with Crippen molar-refractivity contribution in [2.75, 3.05) is 0 Å². The molecule has 0 saturated carbocycles. The van der Waals surface area contributed by atoms with Crippen LogP contribution < -0.4 is 0 Å². The molecule has 136 valence electrons. The molecule has 3 aromatic carbocycles. The highest BCUT2D eigenvalue weighted by Crippen LogP contribution is 2.27. The summed E-state index contributed by atoms with van der Waals surface area (Å²) in [7, 11) is 0. The van der Waals surface area contributed by atoms with Crippen molar-refractivity contribution in [3.8, 4) is 0 Å². The summed E-state index contributed by atoms with van der Waals surface area (Å²) in [4.78, 5) is 17.9. The first-order chi connectivity index (χ1) is 13.1. The molecule has 3 rings (SSSR count). The van der Waals surface area contributed by atoms with Crippen LogP contribution in [0, 0.1) is 17.0 Å². The van der Waals surface area contributed by atoms with Crippen LogP contribution >= 0.6 is 11.8 Å². The van der Waals surface area contributed by atoms with Gasteiger partial charge in [0.15, 0.2) is 0 Å². The highest BCUT2D eigenvalue weighted by atomic mass is 32.2. The Bertz CT molecular complexity index is 938. The lowest BCUT2D eigenvalue weighted by Crippen LogP contribution is -1.92. The van der Waals surface area contributed by atoms with Gasteiger partial charge in [-0.15, -0.1) is 0 Å². The average Bonchev–Trinajstić information content (AvgIpc) is 2.68. The Hall–Kier alpha value is -3.12. The topological polar surface area (TPSA) is 64.7 Å². The van der Waals surface area contributed by atoms with Gasteiger partial charge in [-0.1, -0.05) is 58.9 Å². The second-order valence-corrected chi connectivity index (χ2v) is 7.07. The Morgan fingerprint density at radius 3 is 2.37 bits per heavy atom. The number of rotatable bonds is 7. The van der Waals surface area contributed by atoms with E-state index >= 15 is 0 Å². The van der Waals surface area contributed by atoms with E-state index in [1.165, 1.54) is 22.6 Å². The zero-order chi connectivity index (χ0) is 19.1. The van der Waals surface area contributed by atoms with Gasteiger partial charge in [0, 0.05) is 21.9 Å². The summed E-state index contributed by atoms with van der Waals surface area (Å²) in [6, 6.07) is 22.7. The molecule has 0 atom stereocenters. The Morgan fingerprint density at radius 1 is 1.04 bits per heavy atom. The van der Waals surface area contributed by atoms with Gasteiger partial charge in [-0.3, -0.25) is 10.1 Å². The monoisotopic (exact) mass is 378 g/mol. The van der Waals surface area contributed by atoms with Gasteiger partial charge in [0.1, 0.15) is 6.61 Å². The maximum absolute atomic E-state index is 10.8. The fourth-order valence-electron chi connectivity index (χ4n) is 2.33. The van der Waals surface area contributed by atoms with Crippen molar-refractivity contribution in [3.05, 3.63) is 99.6 Å². The molecule has 0 aliphatic rings. The van der Waals surface area contributed by atoms with Crippen molar-refractivity contribution in [1.29, 1.82) is 0 Å². The van der Waals surface area contributed by atoms with Gasteiger partial charge in [-0.25, -0.2) is 0 Å². The number of benzene rings is 3. The largest absolute Gasteiger partial charge is 0.391 e. The molecule has 6 heteroatoms. The molecule has 0 amide bonds. The second-order valence-electron chi connectivity index (χ2n) is 5.92. The molecule has 0 spiro atoms. The zero-order valence-corrected chi connectivity index (χ0v) is 15.6. The summed E-state index contributed by atoms with van der Waals surface area (Å²) >= 11 is 1.70. The smallest absolute Gasteiger partial charge is 0.269 e. The van der Waals surface area contributed by atoms with E-state index in [2.05, 4.69) is 36.3 Å². The lowest BCUT2D eigenvalue weighted by molar-refractivity contribution is -0.384. The van der Waals surface area contributed by atoms with Crippen LogP contribution in [0.5, 0.6) is 0 Å². The molecule has 3 aromatic rings.